The Balaban J connectivity index is 2.04. The van der Waals surface area contributed by atoms with Crippen LogP contribution in [0.15, 0.2) is 41.8 Å². The molecule has 0 fully saturated rings. The van der Waals surface area contributed by atoms with Gasteiger partial charge in [-0.1, -0.05) is 56.8 Å². The standard InChI is InChI=1S/C16H23N3S/c1-16(2,3)13-7-5-12(6-8-13)14(17-4)11-20-15-18-9-10-19-15/h5-10,14,17H,11H2,1-4H3,(H,18,19). The van der Waals surface area contributed by atoms with E-state index in [4.69, 9.17) is 0 Å². The van der Waals surface area contributed by atoms with E-state index in [1.165, 1.54) is 11.1 Å². The van der Waals surface area contributed by atoms with Crippen molar-refractivity contribution in [3.8, 4) is 0 Å². The molecule has 0 radical (unpaired) electrons. The Bertz CT molecular complexity index is 512. The topological polar surface area (TPSA) is 40.7 Å². The van der Waals surface area contributed by atoms with Gasteiger partial charge in [-0.2, -0.15) is 0 Å². The smallest absolute Gasteiger partial charge is 0.165 e. The van der Waals surface area contributed by atoms with Crippen LogP contribution in [-0.2, 0) is 5.41 Å². The fraction of sp³-hybridized carbons (Fsp3) is 0.438. The lowest BCUT2D eigenvalue weighted by Crippen LogP contribution is -2.19. The average molecular weight is 289 g/mol. The van der Waals surface area contributed by atoms with Crippen LogP contribution in [0, 0.1) is 0 Å². The van der Waals surface area contributed by atoms with Crippen molar-refractivity contribution in [2.24, 2.45) is 0 Å². The van der Waals surface area contributed by atoms with Crippen LogP contribution >= 0.6 is 11.8 Å². The Hall–Kier alpha value is -1.26. The van der Waals surface area contributed by atoms with Gasteiger partial charge in [0.15, 0.2) is 5.16 Å². The van der Waals surface area contributed by atoms with Gasteiger partial charge >= 0.3 is 0 Å². The van der Waals surface area contributed by atoms with Crippen LogP contribution in [0.2, 0.25) is 0 Å². The number of imidazole rings is 1. The minimum Gasteiger partial charge on any atom is -0.340 e. The van der Waals surface area contributed by atoms with E-state index in [0.717, 1.165) is 10.9 Å². The maximum Gasteiger partial charge on any atom is 0.165 e. The van der Waals surface area contributed by atoms with E-state index in [-0.39, 0.29) is 5.41 Å². The normalized spacial score (nSPS) is 13.4. The van der Waals surface area contributed by atoms with Crippen molar-refractivity contribution in [2.45, 2.75) is 37.4 Å². The first-order valence-electron chi connectivity index (χ1n) is 6.90. The van der Waals surface area contributed by atoms with E-state index in [1.54, 1.807) is 18.0 Å². The summed E-state index contributed by atoms with van der Waals surface area (Å²) in [4.78, 5) is 7.36. The predicted octanol–water partition coefficient (Wildman–Crippen LogP) is 3.76. The van der Waals surface area contributed by atoms with E-state index in [0.29, 0.717) is 6.04 Å². The summed E-state index contributed by atoms with van der Waals surface area (Å²) in [5.41, 5.74) is 2.89. The second-order valence-electron chi connectivity index (χ2n) is 5.92. The van der Waals surface area contributed by atoms with Gasteiger partial charge in [-0.15, -0.1) is 0 Å². The minimum atomic E-state index is 0.205. The lowest BCUT2D eigenvalue weighted by atomic mass is 9.86. The highest BCUT2D eigenvalue weighted by molar-refractivity contribution is 7.99. The lowest BCUT2D eigenvalue weighted by Gasteiger charge is -2.21. The molecule has 0 aliphatic rings. The molecule has 0 aliphatic heterocycles. The third-order valence-electron chi connectivity index (χ3n) is 3.39. The molecule has 0 bridgehead atoms. The van der Waals surface area contributed by atoms with Gasteiger partial charge in [0.05, 0.1) is 0 Å². The van der Waals surface area contributed by atoms with E-state index >= 15 is 0 Å². The van der Waals surface area contributed by atoms with Gasteiger partial charge < -0.3 is 10.3 Å². The summed E-state index contributed by atoms with van der Waals surface area (Å²) >= 11 is 1.74. The maximum absolute atomic E-state index is 4.24. The van der Waals surface area contributed by atoms with Crippen LogP contribution in [0.25, 0.3) is 0 Å². The summed E-state index contributed by atoms with van der Waals surface area (Å²) in [6, 6.07) is 9.25. The monoisotopic (exact) mass is 289 g/mol. The molecule has 108 valence electrons. The number of H-pyrrole nitrogens is 1. The van der Waals surface area contributed by atoms with E-state index in [9.17, 15) is 0 Å². The molecule has 1 atom stereocenters. The van der Waals surface area contributed by atoms with Gasteiger partial charge in [-0.3, -0.25) is 0 Å². The molecule has 0 amide bonds. The summed E-state index contributed by atoms with van der Waals surface area (Å²) < 4.78 is 0. The number of nitrogens with one attached hydrogen (secondary N) is 2. The van der Waals surface area contributed by atoms with Crippen LogP contribution < -0.4 is 5.32 Å². The molecule has 1 aromatic carbocycles. The molecule has 1 unspecified atom stereocenters. The number of nitrogens with zero attached hydrogens (tertiary/aromatic N) is 1. The highest BCUT2D eigenvalue weighted by atomic mass is 32.2. The van der Waals surface area contributed by atoms with Gasteiger partial charge in [-0.05, 0) is 23.6 Å². The van der Waals surface area contributed by atoms with Crippen molar-refractivity contribution in [1.82, 2.24) is 15.3 Å². The molecule has 0 saturated heterocycles. The molecule has 0 spiro atoms. The fourth-order valence-corrected chi connectivity index (χ4v) is 3.02. The molecule has 2 aromatic rings. The van der Waals surface area contributed by atoms with E-state index in [1.807, 2.05) is 13.2 Å². The molecule has 2 N–H and O–H groups in total. The number of benzene rings is 1. The molecule has 2 rings (SSSR count). The second-order valence-corrected chi connectivity index (χ2v) is 6.93. The van der Waals surface area contributed by atoms with Crippen LogP contribution in [0.5, 0.6) is 0 Å². The first-order chi connectivity index (χ1) is 9.50. The predicted molar refractivity (Wildman–Crippen MR) is 86.3 cm³/mol. The number of hydrogen-bond donors (Lipinski definition) is 2. The first kappa shape index (κ1) is 15.1. The highest BCUT2D eigenvalue weighted by Gasteiger charge is 2.15. The van der Waals surface area contributed by atoms with Crippen LogP contribution in [0.4, 0.5) is 0 Å². The summed E-state index contributed by atoms with van der Waals surface area (Å²) in [5.74, 6) is 0.957. The van der Waals surface area contributed by atoms with Crippen molar-refractivity contribution >= 4 is 11.8 Å². The second kappa shape index (κ2) is 6.46. The third-order valence-corrected chi connectivity index (χ3v) is 4.38. The van der Waals surface area contributed by atoms with E-state index < -0.39 is 0 Å². The number of thioether (sulfide) groups is 1. The van der Waals surface area contributed by atoms with Gasteiger partial charge in [0.25, 0.3) is 0 Å². The average Bonchev–Trinajstić information content (AvgIpc) is 2.92. The summed E-state index contributed by atoms with van der Waals surface area (Å²) in [6.45, 7) is 6.72. The molecule has 3 nitrogen and oxygen atoms in total. The SMILES string of the molecule is CNC(CSc1ncc[nH]1)c1ccc(C(C)(C)C)cc1. The highest BCUT2D eigenvalue weighted by Crippen LogP contribution is 2.26. The minimum absolute atomic E-state index is 0.205. The Morgan fingerprint density at radius 1 is 1.25 bits per heavy atom. The quantitative estimate of drug-likeness (QED) is 0.823. The van der Waals surface area contributed by atoms with Crippen molar-refractivity contribution < 1.29 is 0 Å². The van der Waals surface area contributed by atoms with Crippen molar-refractivity contribution in [3.05, 3.63) is 47.8 Å². The maximum atomic E-state index is 4.24. The van der Waals surface area contributed by atoms with E-state index in [2.05, 4.69) is 60.3 Å². The molecule has 1 heterocycles. The van der Waals surface area contributed by atoms with Gasteiger partial charge in [0.2, 0.25) is 0 Å². The zero-order valence-electron chi connectivity index (χ0n) is 12.6. The van der Waals surface area contributed by atoms with Gasteiger partial charge in [0.1, 0.15) is 0 Å². The molecule has 1 aromatic heterocycles. The fourth-order valence-electron chi connectivity index (χ4n) is 2.05. The first-order valence-corrected chi connectivity index (χ1v) is 7.89. The van der Waals surface area contributed by atoms with Crippen LogP contribution in [0.1, 0.15) is 37.9 Å². The number of rotatable bonds is 5. The van der Waals surface area contributed by atoms with Crippen LogP contribution in [0.3, 0.4) is 0 Å². The zero-order valence-corrected chi connectivity index (χ0v) is 13.4. The van der Waals surface area contributed by atoms with Gasteiger partial charge in [-0.25, -0.2) is 4.98 Å². The lowest BCUT2D eigenvalue weighted by molar-refractivity contribution is 0.588. The Labute approximate surface area is 125 Å². The van der Waals surface area contributed by atoms with Crippen molar-refractivity contribution in [2.75, 3.05) is 12.8 Å². The Morgan fingerprint density at radius 3 is 2.45 bits per heavy atom. The zero-order chi connectivity index (χ0) is 14.6. The Morgan fingerprint density at radius 2 is 1.95 bits per heavy atom. The Kier molecular flexibility index (Phi) is 4.89. The third kappa shape index (κ3) is 3.87. The number of aromatic amines is 1. The molecule has 0 aliphatic carbocycles. The van der Waals surface area contributed by atoms with Crippen LogP contribution in [-0.4, -0.2) is 22.8 Å². The van der Waals surface area contributed by atoms with Crippen molar-refractivity contribution in [1.29, 1.82) is 0 Å². The molecular formula is C16H23N3S. The summed E-state index contributed by atoms with van der Waals surface area (Å²) in [7, 11) is 2.00. The number of hydrogen-bond acceptors (Lipinski definition) is 3. The van der Waals surface area contributed by atoms with Gasteiger partial charge in [0, 0.05) is 24.2 Å². The number of aromatic nitrogens is 2. The van der Waals surface area contributed by atoms with Crippen molar-refractivity contribution in [3.63, 3.8) is 0 Å². The summed E-state index contributed by atoms with van der Waals surface area (Å²) in [6.07, 6.45) is 3.64. The molecule has 0 saturated carbocycles. The molecule has 20 heavy (non-hydrogen) atoms. The largest absolute Gasteiger partial charge is 0.340 e. The molecule has 4 heteroatoms. The molecular weight excluding hydrogens is 266 g/mol. The summed E-state index contributed by atoms with van der Waals surface area (Å²) in [5, 5.41) is 4.35.